The molecule has 6 nitrogen and oxygen atoms in total. The predicted octanol–water partition coefficient (Wildman–Crippen LogP) is 3.95. The molecule has 3 fully saturated rings. The summed E-state index contributed by atoms with van der Waals surface area (Å²) in [6.45, 7) is 5.29. The average Bonchev–Trinajstić information content (AvgIpc) is 2.75. The molecule has 3 rings (SSSR count). The smallest absolute Gasteiger partial charge is 0.260 e. The molecule has 31 heavy (non-hydrogen) atoms. The molecule has 3 aliphatic carbocycles. The molecule has 0 heterocycles. The molecule has 3 N–H and O–H groups in total. The SMILES string of the molecule is CN/C(OCC1CCCCC1)=C(\C=N)C(=O)N(C)CC1(O)C(C)CC2CC(C)CC1C2. The van der Waals surface area contributed by atoms with Gasteiger partial charge in [0.15, 0.2) is 0 Å². The van der Waals surface area contributed by atoms with E-state index in [2.05, 4.69) is 19.2 Å². The Balaban J connectivity index is 1.69. The fourth-order valence-electron chi connectivity index (χ4n) is 6.46. The standard InChI is InChI=1S/C25H43N3O3/c1-17-10-20-12-18(2)25(30,21(11-17)13-20)16-28(4)24(29)22(14-26)23(27-3)31-15-19-8-6-5-7-9-19/h14,17-21,26-27,30H,5-13,15-16H2,1-4H3/b23-22-,26-14?. The van der Waals surface area contributed by atoms with Crippen LogP contribution in [0.2, 0.25) is 0 Å². The van der Waals surface area contributed by atoms with E-state index in [1.807, 2.05) is 0 Å². The minimum atomic E-state index is -0.870. The quantitative estimate of drug-likeness (QED) is 0.307. The molecular formula is C25H43N3O3. The summed E-state index contributed by atoms with van der Waals surface area (Å²) in [5, 5.41) is 22.6. The number of nitrogens with one attached hydrogen (secondary N) is 2. The number of aliphatic hydroxyl groups is 1. The van der Waals surface area contributed by atoms with Crippen molar-refractivity contribution in [3.05, 3.63) is 11.5 Å². The van der Waals surface area contributed by atoms with E-state index in [4.69, 9.17) is 10.1 Å². The topological polar surface area (TPSA) is 85.7 Å². The molecule has 0 aromatic carbocycles. The van der Waals surface area contributed by atoms with Gasteiger partial charge in [-0.05, 0) is 68.1 Å². The van der Waals surface area contributed by atoms with E-state index in [0.29, 0.717) is 36.8 Å². The van der Waals surface area contributed by atoms with Crippen LogP contribution in [-0.2, 0) is 9.53 Å². The molecule has 0 aromatic rings. The van der Waals surface area contributed by atoms with Gasteiger partial charge in [-0.15, -0.1) is 0 Å². The lowest BCUT2D eigenvalue weighted by atomic mass is 9.58. The summed E-state index contributed by atoms with van der Waals surface area (Å²) >= 11 is 0. The first-order valence-corrected chi connectivity index (χ1v) is 12.3. The Morgan fingerprint density at radius 2 is 1.90 bits per heavy atom. The maximum atomic E-state index is 13.3. The molecule has 6 heteroatoms. The second-order valence-electron chi connectivity index (χ2n) is 10.6. The highest BCUT2D eigenvalue weighted by atomic mass is 16.5. The van der Waals surface area contributed by atoms with Gasteiger partial charge in [0.1, 0.15) is 5.57 Å². The molecule has 0 saturated heterocycles. The van der Waals surface area contributed by atoms with E-state index in [0.717, 1.165) is 38.3 Å². The van der Waals surface area contributed by atoms with Crippen LogP contribution in [0.25, 0.3) is 0 Å². The second-order valence-corrected chi connectivity index (χ2v) is 10.6. The van der Waals surface area contributed by atoms with Crippen LogP contribution in [0.15, 0.2) is 11.5 Å². The molecule has 2 bridgehead atoms. The molecule has 0 radical (unpaired) electrons. The van der Waals surface area contributed by atoms with Crippen molar-refractivity contribution >= 4 is 12.1 Å². The Kier molecular flexibility index (Phi) is 8.06. The minimum Gasteiger partial charge on any atom is -0.478 e. The molecule has 5 unspecified atom stereocenters. The van der Waals surface area contributed by atoms with E-state index in [-0.39, 0.29) is 23.3 Å². The van der Waals surface area contributed by atoms with Crippen molar-refractivity contribution in [1.29, 1.82) is 5.41 Å². The lowest BCUT2D eigenvalue weighted by Gasteiger charge is -2.52. The zero-order valence-corrected chi connectivity index (χ0v) is 20.0. The largest absolute Gasteiger partial charge is 0.478 e. The Hall–Kier alpha value is -1.56. The highest BCUT2D eigenvalue weighted by Gasteiger charge is 2.50. The molecule has 0 aliphatic heterocycles. The third-order valence-corrected chi connectivity index (χ3v) is 8.16. The molecule has 0 spiro atoms. The highest BCUT2D eigenvalue weighted by molar-refractivity contribution is 6.11. The number of carbonyl (C=O) groups excluding carboxylic acids is 1. The fourth-order valence-corrected chi connectivity index (χ4v) is 6.46. The number of rotatable bonds is 8. The van der Waals surface area contributed by atoms with Crippen LogP contribution in [0.4, 0.5) is 0 Å². The van der Waals surface area contributed by atoms with Gasteiger partial charge in [0.25, 0.3) is 5.91 Å². The zero-order valence-electron chi connectivity index (χ0n) is 20.0. The monoisotopic (exact) mass is 433 g/mol. The van der Waals surface area contributed by atoms with Gasteiger partial charge in [-0.3, -0.25) is 4.79 Å². The van der Waals surface area contributed by atoms with E-state index in [1.54, 1.807) is 19.0 Å². The van der Waals surface area contributed by atoms with Crippen LogP contribution in [0.3, 0.4) is 0 Å². The number of carbonyl (C=O) groups is 1. The first-order chi connectivity index (χ1) is 14.8. The van der Waals surface area contributed by atoms with Crippen molar-refractivity contribution in [1.82, 2.24) is 10.2 Å². The molecule has 5 atom stereocenters. The van der Waals surface area contributed by atoms with Gasteiger partial charge in [-0.25, -0.2) is 0 Å². The maximum Gasteiger partial charge on any atom is 0.260 e. The number of ether oxygens (including phenoxy) is 1. The maximum absolute atomic E-state index is 13.3. The zero-order chi connectivity index (χ0) is 22.6. The van der Waals surface area contributed by atoms with Gasteiger partial charge in [-0.1, -0.05) is 33.1 Å². The number of likely N-dealkylation sites (N-methyl/N-ethyl adjacent to an activating group) is 1. The lowest BCUT2D eigenvalue weighted by Crippen LogP contribution is -2.58. The summed E-state index contributed by atoms with van der Waals surface area (Å²) in [6, 6.07) is 0. The van der Waals surface area contributed by atoms with Gasteiger partial charge in [0, 0.05) is 26.9 Å². The summed E-state index contributed by atoms with van der Waals surface area (Å²) < 4.78 is 5.98. The number of hydrogen-bond acceptors (Lipinski definition) is 5. The van der Waals surface area contributed by atoms with E-state index in [1.165, 1.54) is 25.7 Å². The third kappa shape index (κ3) is 5.44. The number of fused-ring (bicyclic) bond motifs is 2. The molecule has 1 amide bonds. The third-order valence-electron chi connectivity index (χ3n) is 8.16. The summed E-state index contributed by atoms with van der Waals surface area (Å²) in [5.41, 5.74) is -0.645. The number of nitrogens with zero attached hydrogens (tertiary/aromatic N) is 1. The van der Waals surface area contributed by atoms with Gasteiger partial charge >= 0.3 is 0 Å². The Bertz CT molecular complexity index is 669. The predicted molar refractivity (Wildman–Crippen MR) is 124 cm³/mol. The van der Waals surface area contributed by atoms with Crippen molar-refractivity contribution < 1.29 is 14.6 Å². The number of amides is 1. The van der Waals surface area contributed by atoms with Crippen LogP contribution in [-0.4, -0.2) is 55.0 Å². The second kappa shape index (κ2) is 10.4. The Labute approximate surface area is 188 Å². The van der Waals surface area contributed by atoms with Crippen molar-refractivity contribution in [3.63, 3.8) is 0 Å². The highest BCUT2D eigenvalue weighted by Crippen LogP contribution is 2.50. The van der Waals surface area contributed by atoms with Crippen LogP contribution >= 0.6 is 0 Å². The van der Waals surface area contributed by atoms with Gasteiger partial charge < -0.3 is 25.5 Å². The normalized spacial score (nSPS) is 34.5. The van der Waals surface area contributed by atoms with E-state index < -0.39 is 5.60 Å². The Morgan fingerprint density at radius 3 is 2.55 bits per heavy atom. The van der Waals surface area contributed by atoms with Crippen LogP contribution in [0, 0.1) is 35.0 Å². The summed E-state index contributed by atoms with van der Waals surface area (Å²) in [4.78, 5) is 14.9. The summed E-state index contributed by atoms with van der Waals surface area (Å²) in [7, 11) is 3.47. The molecule has 3 aliphatic rings. The fraction of sp³-hybridized carbons (Fsp3) is 0.840. The molecule has 0 aromatic heterocycles. The molecule has 176 valence electrons. The van der Waals surface area contributed by atoms with Gasteiger partial charge in [0.05, 0.1) is 12.2 Å². The Morgan fingerprint density at radius 1 is 1.19 bits per heavy atom. The van der Waals surface area contributed by atoms with Crippen LogP contribution in [0.5, 0.6) is 0 Å². The molecule has 3 saturated carbocycles. The van der Waals surface area contributed by atoms with Gasteiger partial charge in [0.2, 0.25) is 5.88 Å². The molecular weight excluding hydrogens is 390 g/mol. The van der Waals surface area contributed by atoms with Crippen molar-refractivity contribution in [3.8, 4) is 0 Å². The summed E-state index contributed by atoms with van der Waals surface area (Å²) in [5.74, 6) is 2.34. The average molecular weight is 434 g/mol. The van der Waals surface area contributed by atoms with E-state index in [9.17, 15) is 9.90 Å². The lowest BCUT2D eigenvalue weighted by molar-refractivity contribution is -0.150. The van der Waals surface area contributed by atoms with Crippen molar-refractivity contribution in [2.45, 2.75) is 77.2 Å². The van der Waals surface area contributed by atoms with E-state index >= 15 is 0 Å². The van der Waals surface area contributed by atoms with Crippen LogP contribution < -0.4 is 5.32 Å². The first-order valence-electron chi connectivity index (χ1n) is 12.3. The number of hydrogen-bond donors (Lipinski definition) is 3. The summed E-state index contributed by atoms with van der Waals surface area (Å²) in [6.07, 6.45) is 11.6. The van der Waals surface area contributed by atoms with Crippen molar-refractivity contribution in [2.24, 2.45) is 29.6 Å². The van der Waals surface area contributed by atoms with Crippen LogP contribution in [0.1, 0.15) is 71.6 Å². The minimum absolute atomic E-state index is 0.165. The first kappa shape index (κ1) is 24.1. The van der Waals surface area contributed by atoms with Gasteiger partial charge in [-0.2, -0.15) is 0 Å². The van der Waals surface area contributed by atoms with Crippen molar-refractivity contribution in [2.75, 3.05) is 27.2 Å².